The summed E-state index contributed by atoms with van der Waals surface area (Å²) in [5.74, 6) is 0.884. The quantitative estimate of drug-likeness (QED) is 0.899. The molecule has 3 rings (SSSR count). The Hall–Kier alpha value is -1.62. The Balaban J connectivity index is 2.05. The molecule has 0 bridgehead atoms. The maximum absolute atomic E-state index is 6.31. The van der Waals surface area contributed by atoms with Gasteiger partial charge in [-0.1, -0.05) is 17.7 Å². The smallest absolute Gasteiger partial charge is 0.124 e. The van der Waals surface area contributed by atoms with Crippen molar-refractivity contribution in [1.29, 1.82) is 0 Å². The van der Waals surface area contributed by atoms with Crippen molar-refractivity contribution in [1.82, 2.24) is 15.2 Å². The highest BCUT2D eigenvalue weighted by molar-refractivity contribution is 6.30. The third-order valence-corrected chi connectivity index (χ3v) is 4.51. The molecule has 4 nitrogen and oxygen atoms in total. The lowest BCUT2D eigenvalue weighted by atomic mass is 9.99. The zero-order valence-electron chi connectivity index (χ0n) is 14.0. The van der Waals surface area contributed by atoms with E-state index in [9.17, 15) is 0 Å². The number of rotatable bonds is 5. The van der Waals surface area contributed by atoms with Crippen molar-refractivity contribution in [2.45, 2.75) is 19.4 Å². The van der Waals surface area contributed by atoms with Gasteiger partial charge in [0.1, 0.15) is 5.75 Å². The van der Waals surface area contributed by atoms with Crippen LogP contribution in [0.25, 0.3) is 0 Å². The standard InChI is InChI=1S/C19H24ClN3O/c1-2-24-18-8-7-15(20)14-16(18)19(17-6-3-4-10-22-17)23-12-5-9-21-11-13-23/h3-4,6-8,10,14,19,21H,2,5,9,11-13H2,1H3. The number of nitrogens with one attached hydrogen (secondary N) is 1. The van der Waals surface area contributed by atoms with Gasteiger partial charge in [-0.15, -0.1) is 0 Å². The Morgan fingerprint density at radius 1 is 1.25 bits per heavy atom. The van der Waals surface area contributed by atoms with E-state index in [4.69, 9.17) is 16.3 Å². The van der Waals surface area contributed by atoms with Crippen LogP contribution in [0.15, 0.2) is 42.6 Å². The monoisotopic (exact) mass is 345 g/mol. The molecule has 0 spiro atoms. The van der Waals surface area contributed by atoms with Gasteiger partial charge < -0.3 is 10.1 Å². The van der Waals surface area contributed by atoms with E-state index in [-0.39, 0.29) is 6.04 Å². The molecule has 1 atom stereocenters. The topological polar surface area (TPSA) is 37.4 Å². The molecule has 2 aromatic rings. The number of halogens is 1. The van der Waals surface area contributed by atoms with E-state index in [1.54, 1.807) is 0 Å². The molecule has 1 aromatic carbocycles. The fraction of sp³-hybridized carbons (Fsp3) is 0.421. The summed E-state index contributed by atoms with van der Waals surface area (Å²) in [6.45, 7) is 6.66. The number of hydrogen-bond acceptors (Lipinski definition) is 4. The molecule has 1 N–H and O–H groups in total. The number of nitrogens with zero attached hydrogens (tertiary/aromatic N) is 2. The Kier molecular flexibility index (Phi) is 6.07. The van der Waals surface area contributed by atoms with Crippen LogP contribution in [-0.4, -0.2) is 42.7 Å². The summed E-state index contributed by atoms with van der Waals surface area (Å²) in [6.07, 6.45) is 2.97. The molecule has 128 valence electrons. The Morgan fingerprint density at radius 3 is 2.96 bits per heavy atom. The van der Waals surface area contributed by atoms with Gasteiger partial charge in [-0.25, -0.2) is 0 Å². The highest BCUT2D eigenvalue weighted by Gasteiger charge is 2.27. The lowest BCUT2D eigenvalue weighted by Crippen LogP contribution is -2.33. The van der Waals surface area contributed by atoms with Crippen molar-refractivity contribution in [2.75, 3.05) is 32.8 Å². The molecule has 0 saturated carbocycles. The van der Waals surface area contributed by atoms with Crippen molar-refractivity contribution >= 4 is 11.6 Å². The van der Waals surface area contributed by atoms with Gasteiger partial charge in [0.2, 0.25) is 0 Å². The summed E-state index contributed by atoms with van der Waals surface area (Å²) >= 11 is 6.31. The van der Waals surface area contributed by atoms with E-state index in [1.165, 1.54) is 0 Å². The van der Waals surface area contributed by atoms with Gasteiger partial charge in [0, 0.05) is 36.4 Å². The van der Waals surface area contributed by atoms with E-state index < -0.39 is 0 Å². The molecular formula is C19H24ClN3O. The normalized spacial score (nSPS) is 17.2. The molecule has 0 radical (unpaired) electrons. The molecule has 1 aliphatic heterocycles. The van der Waals surface area contributed by atoms with Crippen LogP contribution in [-0.2, 0) is 0 Å². The van der Waals surface area contributed by atoms with E-state index in [0.29, 0.717) is 6.61 Å². The van der Waals surface area contributed by atoms with Crippen LogP contribution in [0.1, 0.15) is 30.6 Å². The van der Waals surface area contributed by atoms with Crippen molar-refractivity contribution in [3.05, 3.63) is 58.9 Å². The molecule has 5 heteroatoms. The Morgan fingerprint density at radius 2 is 2.17 bits per heavy atom. The van der Waals surface area contributed by atoms with E-state index in [0.717, 1.165) is 54.6 Å². The maximum Gasteiger partial charge on any atom is 0.124 e. The van der Waals surface area contributed by atoms with Gasteiger partial charge in [-0.3, -0.25) is 9.88 Å². The third kappa shape index (κ3) is 4.07. The van der Waals surface area contributed by atoms with Gasteiger partial charge in [-0.2, -0.15) is 0 Å². The SMILES string of the molecule is CCOc1ccc(Cl)cc1C(c1ccccn1)N1CCCNCC1. The van der Waals surface area contributed by atoms with Crippen molar-refractivity contribution < 1.29 is 4.74 Å². The number of hydrogen-bond donors (Lipinski definition) is 1. The first-order valence-corrected chi connectivity index (χ1v) is 8.95. The number of aromatic nitrogens is 1. The Labute approximate surface area is 148 Å². The molecule has 24 heavy (non-hydrogen) atoms. The third-order valence-electron chi connectivity index (χ3n) is 4.27. The summed E-state index contributed by atoms with van der Waals surface area (Å²) < 4.78 is 5.89. The molecule has 2 heterocycles. The minimum atomic E-state index is 0.0475. The summed E-state index contributed by atoms with van der Waals surface area (Å²) in [6, 6.07) is 12.0. The zero-order valence-corrected chi connectivity index (χ0v) is 14.8. The zero-order chi connectivity index (χ0) is 16.8. The minimum Gasteiger partial charge on any atom is -0.494 e. The van der Waals surface area contributed by atoms with Crippen LogP contribution >= 0.6 is 11.6 Å². The molecule has 1 saturated heterocycles. The van der Waals surface area contributed by atoms with Crippen LogP contribution in [0, 0.1) is 0 Å². The van der Waals surface area contributed by atoms with Crippen LogP contribution in [0.3, 0.4) is 0 Å². The Bertz CT molecular complexity index is 642. The fourth-order valence-electron chi connectivity index (χ4n) is 3.23. The summed E-state index contributed by atoms with van der Waals surface area (Å²) in [5.41, 5.74) is 2.12. The van der Waals surface area contributed by atoms with Gasteiger partial charge >= 0.3 is 0 Å². The lowest BCUT2D eigenvalue weighted by Gasteiger charge is -2.31. The maximum atomic E-state index is 6.31. The second kappa shape index (κ2) is 8.47. The number of benzene rings is 1. The minimum absolute atomic E-state index is 0.0475. The van der Waals surface area contributed by atoms with Crippen molar-refractivity contribution in [2.24, 2.45) is 0 Å². The average Bonchev–Trinajstić information content (AvgIpc) is 2.88. The van der Waals surface area contributed by atoms with Gasteiger partial charge in [-0.05, 0) is 50.2 Å². The van der Waals surface area contributed by atoms with Crippen LogP contribution in [0.4, 0.5) is 0 Å². The summed E-state index contributed by atoms with van der Waals surface area (Å²) in [4.78, 5) is 7.10. The molecule has 1 aliphatic rings. The van der Waals surface area contributed by atoms with Crippen LogP contribution in [0.2, 0.25) is 5.02 Å². The first-order valence-electron chi connectivity index (χ1n) is 8.57. The first kappa shape index (κ1) is 17.2. The summed E-state index contributed by atoms with van der Waals surface area (Å²) in [7, 11) is 0. The fourth-order valence-corrected chi connectivity index (χ4v) is 3.41. The molecule has 1 aromatic heterocycles. The van der Waals surface area contributed by atoms with E-state index in [2.05, 4.69) is 21.3 Å². The molecular weight excluding hydrogens is 322 g/mol. The van der Waals surface area contributed by atoms with Crippen LogP contribution < -0.4 is 10.1 Å². The van der Waals surface area contributed by atoms with Gasteiger partial charge in [0.05, 0.1) is 18.3 Å². The number of pyridine rings is 1. The van der Waals surface area contributed by atoms with E-state index in [1.807, 2.05) is 43.5 Å². The molecule has 1 fully saturated rings. The molecule has 1 unspecified atom stereocenters. The second-order valence-electron chi connectivity index (χ2n) is 5.91. The predicted octanol–water partition coefficient (Wildman–Crippen LogP) is 3.52. The summed E-state index contributed by atoms with van der Waals surface area (Å²) in [5, 5.41) is 4.19. The number of ether oxygens (including phenoxy) is 1. The lowest BCUT2D eigenvalue weighted by molar-refractivity contribution is 0.230. The predicted molar refractivity (Wildman–Crippen MR) is 97.8 cm³/mol. The molecule has 0 amide bonds. The van der Waals surface area contributed by atoms with E-state index >= 15 is 0 Å². The highest BCUT2D eigenvalue weighted by atomic mass is 35.5. The van der Waals surface area contributed by atoms with Crippen molar-refractivity contribution in [3.8, 4) is 5.75 Å². The van der Waals surface area contributed by atoms with Crippen molar-refractivity contribution in [3.63, 3.8) is 0 Å². The second-order valence-corrected chi connectivity index (χ2v) is 6.35. The highest BCUT2D eigenvalue weighted by Crippen LogP contribution is 2.36. The first-order chi connectivity index (χ1) is 11.8. The largest absolute Gasteiger partial charge is 0.494 e. The average molecular weight is 346 g/mol. The van der Waals surface area contributed by atoms with Gasteiger partial charge in [0.15, 0.2) is 0 Å². The molecule has 0 aliphatic carbocycles. The van der Waals surface area contributed by atoms with Gasteiger partial charge in [0.25, 0.3) is 0 Å². The van der Waals surface area contributed by atoms with Crippen LogP contribution in [0.5, 0.6) is 5.75 Å².